The quantitative estimate of drug-likeness (QED) is 0.512. The Morgan fingerprint density at radius 3 is 2.45 bits per heavy atom. The number of rotatable bonds is 5. The molecule has 0 aromatic heterocycles. The fourth-order valence-corrected chi connectivity index (χ4v) is 3.28. The average Bonchev–Trinajstić information content (AvgIpc) is 3.03. The number of carbonyl (C=O) groups is 1. The minimum Gasteiger partial charge on any atom is -0.488 e. The van der Waals surface area contributed by atoms with Gasteiger partial charge >= 0.3 is 0 Å². The van der Waals surface area contributed by atoms with Gasteiger partial charge in [-0.25, -0.2) is 0 Å². The number of hydrogen-bond donors (Lipinski definition) is 0. The largest absolute Gasteiger partial charge is 0.488 e. The zero-order valence-electron chi connectivity index (χ0n) is 15.9. The predicted molar refractivity (Wildman–Crippen MR) is 117 cm³/mol. The minimum atomic E-state index is -0.158. The molecule has 1 amide bonds. The molecule has 4 rings (SSSR count). The SMILES string of the molecule is CC1=NN(c2ccccc2)C(=O)/C1=C/c1ccccc1OCc1ccccc1Cl. The molecule has 5 heteroatoms. The van der Waals surface area contributed by atoms with E-state index in [1.54, 1.807) is 0 Å². The number of ether oxygens (including phenoxy) is 1. The van der Waals surface area contributed by atoms with Crippen LogP contribution in [0.5, 0.6) is 5.75 Å². The summed E-state index contributed by atoms with van der Waals surface area (Å²) < 4.78 is 6.00. The first-order valence-corrected chi connectivity index (χ1v) is 9.63. The van der Waals surface area contributed by atoms with Crippen LogP contribution >= 0.6 is 11.6 Å². The van der Waals surface area contributed by atoms with Crippen LogP contribution in [-0.4, -0.2) is 11.6 Å². The predicted octanol–water partition coefficient (Wildman–Crippen LogP) is 5.73. The molecule has 0 bridgehead atoms. The third-order valence-corrected chi connectivity index (χ3v) is 4.99. The van der Waals surface area contributed by atoms with E-state index in [2.05, 4.69) is 5.10 Å². The second-order valence-corrected chi connectivity index (χ2v) is 7.02. The topological polar surface area (TPSA) is 41.9 Å². The maximum absolute atomic E-state index is 12.9. The van der Waals surface area contributed by atoms with E-state index in [-0.39, 0.29) is 5.91 Å². The Morgan fingerprint density at radius 2 is 1.66 bits per heavy atom. The molecule has 1 aliphatic heterocycles. The van der Waals surface area contributed by atoms with Crippen molar-refractivity contribution in [2.24, 2.45) is 5.10 Å². The van der Waals surface area contributed by atoms with Crippen molar-refractivity contribution in [3.8, 4) is 5.75 Å². The second kappa shape index (κ2) is 8.33. The van der Waals surface area contributed by atoms with E-state index in [1.165, 1.54) is 5.01 Å². The average molecular weight is 403 g/mol. The van der Waals surface area contributed by atoms with Gasteiger partial charge in [-0.1, -0.05) is 66.2 Å². The number of carbonyl (C=O) groups excluding carboxylic acids is 1. The van der Waals surface area contributed by atoms with Gasteiger partial charge in [0.05, 0.1) is 17.0 Å². The van der Waals surface area contributed by atoms with Crippen LogP contribution in [0.1, 0.15) is 18.1 Å². The van der Waals surface area contributed by atoms with Crippen LogP contribution in [0.15, 0.2) is 89.5 Å². The maximum Gasteiger partial charge on any atom is 0.280 e. The van der Waals surface area contributed by atoms with Crippen molar-refractivity contribution in [1.29, 1.82) is 0 Å². The Labute approximate surface area is 174 Å². The van der Waals surface area contributed by atoms with Crippen molar-refractivity contribution in [2.75, 3.05) is 5.01 Å². The van der Waals surface area contributed by atoms with Crippen LogP contribution in [0.2, 0.25) is 5.02 Å². The molecule has 144 valence electrons. The zero-order chi connectivity index (χ0) is 20.2. The summed E-state index contributed by atoms with van der Waals surface area (Å²) in [6.07, 6.45) is 1.83. The van der Waals surface area contributed by atoms with Crippen molar-refractivity contribution in [2.45, 2.75) is 13.5 Å². The van der Waals surface area contributed by atoms with E-state index in [9.17, 15) is 4.79 Å². The van der Waals surface area contributed by atoms with E-state index in [4.69, 9.17) is 16.3 Å². The van der Waals surface area contributed by atoms with Crippen molar-refractivity contribution in [1.82, 2.24) is 0 Å². The Morgan fingerprint density at radius 1 is 0.966 bits per heavy atom. The first-order chi connectivity index (χ1) is 14.1. The Kier molecular flexibility index (Phi) is 5.45. The molecule has 4 nitrogen and oxygen atoms in total. The summed E-state index contributed by atoms with van der Waals surface area (Å²) in [5, 5.41) is 6.51. The normalized spacial score (nSPS) is 15.0. The maximum atomic E-state index is 12.9. The van der Waals surface area contributed by atoms with E-state index >= 15 is 0 Å². The standard InChI is InChI=1S/C24H19ClN2O2/c1-17-21(24(28)27(26-17)20-11-3-2-4-12-20)15-18-9-6-8-14-23(18)29-16-19-10-5-7-13-22(19)25/h2-15H,16H2,1H3/b21-15+. The van der Waals surface area contributed by atoms with E-state index in [1.807, 2.05) is 91.9 Å². The molecule has 3 aromatic rings. The molecule has 1 aliphatic rings. The second-order valence-electron chi connectivity index (χ2n) is 6.61. The summed E-state index contributed by atoms with van der Waals surface area (Å²) in [7, 11) is 0. The van der Waals surface area contributed by atoms with E-state index < -0.39 is 0 Å². The lowest BCUT2D eigenvalue weighted by Crippen LogP contribution is -2.21. The van der Waals surface area contributed by atoms with Gasteiger partial charge in [-0.05, 0) is 37.3 Å². The molecule has 1 heterocycles. The van der Waals surface area contributed by atoms with E-state index in [0.29, 0.717) is 28.7 Å². The van der Waals surface area contributed by atoms with Gasteiger partial charge in [0.15, 0.2) is 0 Å². The summed E-state index contributed by atoms with van der Waals surface area (Å²) in [6, 6.07) is 24.6. The lowest BCUT2D eigenvalue weighted by atomic mass is 10.1. The van der Waals surface area contributed by atoms with Crippen LogP contribution < -0.4 is 9.75 Å². The highest BCUT2D eigenvalue weighted by Crippen LogP contribution is 2.28. The van der Waals surface area contributed by atoms with Crippen LogP contribution in [-0.2, 0) is 11.4 Å². The summed E-state index contributed by atoms with van der Waals surface area (Å²) in [5.41, 5.74) is 3.67. The first-order valence-electron chi connectivity index (χ1n) is 9.25. The van der Waals surface area contributed by atoms with Crippen LogP contribution in [0, 0.1) is 0 Å². The number of hydrazone groups is 1. The fourth-order valence-electron chi connectivity index (χ4n) is 3.09. The summed E-state index contributed by atoms with van der Waals surface area (Å²) in [4.78, 5) is 12.9. The lowest BCUT2D eigenvalue weighted by Gasteiger charge is -2.12. The molecule has 0 radical (unpaired) electrons. The Hall–Kier alpha value is -3.37. The molecule has 0 saturated carbocycles. The molecule has 0 N–H and O–H groups in total. The van der Waals surface area contributed by atoms with Gasteiger partial charge in [0, 0.05) is 16.1 Å². The van der Waals surface area contributed by atoms with Crippen LogP contribution in [0.4, 0.5) is 5.69 Å². The molecule has 0 atom stereocenters. The number of amides is 1. The highest BCUT2D eigenvalue weighted by molar-refractivity contribution is 6.32. The molecule has 0 unspecified atom stereocenters. The van der Waals surface area contributed by atoms with Gasteiger partial charge in [0.1, 0.15) is 12.4 Å². The summed E-state index contributed by atoms with van der Waals surface area (Å²) in [5.74, 6) is 0.522. The van der Waals surface area contributed by atoms with E-state index in [0.717, 1.165) is 16.8 Å². The number of benzene rings is 3. The summed E-state index contributed by atoms with van der Waals surface area (Å²) in [6.45, 7) is 2.18. The molecule has 0 spiro atoms. The van der Waals surface area contributed by atoms with Crippen molar-refractivity contribution < 1.29 is 9.53 Å². The number of nitrogens with zero attached hydrogens (tertiary/aromatic N) is 2. The molecule has 0 fully saturated rings. The smallest absolute Gasteiger partial charge is 0.280 e. The molecule has 3 aromatic carbocycles. The van der Waals surface area contributed by atoms with Gasteiger partial charge in [-0.3, -0.25) is 4.79 Å². The molecule has 0 aliphatic carbocycles. The van der Waals surface area contributed by atoms with Gasteiger partial charge in [0.2, 0.25) is 0 Å². The fraction of sp³-hybridized carbons (Fsp3) is 0.0833. The number of anilines is 1. The molecule has 0 saturated heterocycles. The first kappa shape index (κ1) is 19.0. The number of halogens is 1. The Bertz CT molecular complexity index is 1110. The minimum absolute atomic E-state index is 0.158. The lowest BCUT2D eigenvalue weighted by molar-refractivity contribution is -0.114. The van der Waals surface area contributed by atoms with Crippen molar-refractivity contribution in [3.05, 3.63) is 101 Å². The number of hydrogen-bond acceptors (Lipinski definition) is 3. The highest BCUT2D eigenvalue weighted by atomic mass is 35.5. The molecular formula is C24H19ClN2O2. The molecular weight excluding hydrogens is 384 g/mol. The Balaban J connectivity index is 1.60. The zero-order valence-corrected chi connectivity index (χ0v) is 16.6. The van der Waals surface area contributed by atoms with Gasteiger partial charge in [-0.15, -0.1) is 0 Å². The van der Waals surface area contributed by atoms with Crippen molar-refractivity contribution >= 4 is 35.0 Å². The highest BCUT2D eigenvalue weighted by Gasteiger charge is 2.28. The third-order valence-electron chi connectivity index (χ3n) is 4.62. The van der Waals surface area contributed by atoms with Gasteiger partial charge in [-0.2, -0.15) is 10.1 Å². The molecule has 29 heavy (non-hydrogen) atoms. The number of para-hydroxylation sites is 2. The third kappa shape index (κ3) is 4.08. The summed E-state index contributed by atoms with van der Waals surface area (Å²) >= 11 is 6.22. The van der Waals surface area contributed by atoms with Crippen LogP contribution in [0.25, 0.3) is 6.08 Å². The van der Waals surface area contributed by atoms with Crippen molar-refractivity contribution in [3.63, 3.8) is 0 Å². The van der Waals surface area contributed by atoms with Gasteiger partial charge < -0.3 is 4.74 Å². The monoisotopic (exact) mass is 402 g/mol. The van der Waals surface area contributed by atoms with Gasteiger partial charge in [0.25, 0.3) is 5.91 Å². The van der Waals surface area contributed by atoms with Crippen LogP contribution in [0.3, 0.4) is 0 Å².